The molecule has 1 atom stereocenters. The van der Waals surface area contributed by atoms with Crippen LogP contribution in [0.2, 0.25) is 0 Å². The molecule has 11 heteroatoms. The second kappa shape index (κ2) is 11.1. The Labute approximate surface area is 197 Å². The summed E-state index contributed by atoms with van der Waals surface area (Å²) in [5, 5.41) is 10.4. The predicted molar refractivity (Wildman–Crippen MR) is 127 cm³/mol. The molecule has 0 fully saturated rings. The number of carbonyl (C=O) groups is 2. The van der Waals surface area contributed by atoms with Crippen molar-refractivity contribution in [1.82, 2.24) is 4.98 Å². The molecule has 3 aromatic rings. The van der Waals surface area contributed by atoms with Gasteiger partial charge in [-0.2, -0.15) is 10.2 Å². The molecule has 10 nitrogen and oxygen atoms in total. The molecule has 1 heterocycles. The first kappa shape index (κ1) is 24.5. The maximum absolute atomic E-state index is 12.5. The van der Waals surface area contributed by atoms with E-state index in [0.717, 1.165) is 0 Å². The van der Waals surface area contributed by atoms with Gasteiger partial charge in [-0.15, -0.1) is 0 Å². The number of pyridine rings is 1. The SMILES string of the molecule is CCOc1ccc(NC(=O)[C@@H](N=Nc2ccc(S(=O)(=O)Nc3ccccn3)cc2)C(C)=O)cc1. The minimum Gasteiger partial charge on any atom is -0.494 e. The van der Waals surface area contributed by atoms with E-state index in [-0.39, 0.29) is 16.4 Å². The Kier molecular flexibility index (Phi) is 8.04. The molecule has 2 aromatic carbocycles. The number of Topliss-reactive ketones (excluding diaryl/α,β-unsaturated/α-hetero) is 1. The standard InChI is InChI=1S/C23H23N5O5S/c1-3-33-19-11-7-17(8-12-19)25-23(30)22(16(2)29)27-26-18-9-13-20(14-10-18)34(31,32)28-21-6-4-5-15-24-21/h4-15,22H,3H2,1-2H3,(H,24,28)(H,25,30)/t22-/m0/s1. The van der Waals surface area contributed by atoms with Crippen LogP contribution in [0.3, 0.4) is 0 Å². The van der Waals surface area contributed by atoms with Crippen molar-refractivity contribution in [2.45, 2.75) is 24.8 Å². The number of benzene rings is 2. The van der Waals surface area contributed by atoms with Gasteiger partial charge in [-0.1, -0.05) is 6.07 Å². The second-order valence-electron chi connectivity index (χ2n) is 6.99. The van der Waals surface area contributed by atoms with Crippen LogP contribution in [-0.2, 0) is 19.6 Å². The third-order valence-corrected chi connectivity index (χ3v) is 5.78. The van der Waals surface area contributed by atoms with E-state index in [4.69, 9.17) is 4.74 Å². The number of hydrogen-bond acceptors (Lipinski definition) is 8. The molecule has 34 heavy (non-hydrogen) atoms. The number of rotatable bonds is 10. The number of carbonyl (C=O) groups excluding carboxylic acids is 2. The largest absolute Gasteiger partial charge is 0.494 e. The van der Waals surface area contributed by atoms with Crippen molar-refractivity contribution in [3.8, 4) is 5.75 Å². The summed E-state index contributed by atoms with van der Waals surface area (Å²) in [5.74, 6) is -0.289. The van der Waals surface area contributed by atoms with Crippen molar-refractivity contribution in [2.75, 3.05) is 16.6 Å². The molecule has 0 radical (unpaired) electrons. The number of aromatic nitrogens is 1. The molecule has 0 spiro atoms. The number of anilines is 2. The number of ether oxygens (including phenoxy) is 1. The van der Waals surface area contributed by atoms with Crippen LogP contribution in [-0.4, -0.2) is 37.7 Å². The number of amides is 1. The minimum absolute atomic E-state index is 0.00605. The van der Waals surface area contributed by atoms with Crippen LogP contribution < -0.4 is 14.8 Å². The minimum atomic E-state index is -3.84. The summed E-state index contributed by atoms with van der Waals surface area (Å²) in [7, 11) is -3.84. The van der Waals surface area contributed by atoms with Crippen molar-refractivity contribution in [2.24, 2.45) is 10.2 Å². The molecule has 1 amide bonds. The zero-order chi connectivity index (χ0) is 24.6. The fourth-order valence-electron chi connectivity index (χ4n) is 2.77. The Morgan fingerprint density at radius 2 is 1.74 bits per heavy atom. The lowest BCUT2D eigenvalue weighted by atomic mass is 10.2. The lowest BCUT2D eigenvalue weighted by molar-refractivity contribution is -0.126. The van der Waals surface area contributed by atoms with Crippen LogP contribution in [0.1, 0.15) is 13.8 Å². The van der Waals surface area contributed by atoms with Gasteiger partial charge in [0.15, 0.2) is 5.78 Å². The van der Waals surface area contributed by atoms with Gasteiger partial charge in [-0.05, 0) is 74.5 Å². The highest BCUT2D eigenvalue weighted by atomic mass is 32.2. The monoisotopic (exact) mass is 481 g/mol. The van der Waals surface area contributed by atoms with Gasteiger partial charge in [-0.3, -0.25) is 14.3 Å². The third kappa shape index (κ3) is 6.69. The number of ketones is 1. The zero-order valence-electron chi connectivity index (χ0n) is 18.5. The molecule has 2 N–H and O–H groups in total. The lowest BCUT2D eigenvalue weighted by Crippen LogP contribution is -2.31. The van der Waals surface area contributed by atoms with Crippen molar-refractivity contribution < 1.29 is 22.7 Å². The molecule has 0 aliphatic heterocycles. The van der Waals surface area contributed by atoms with Crippen LogP contribution in [0.15, 0.2) is 88.1 Å². The zero-order valence-corrected chi connectivity index (χ0v) is 19.3. The molecule has 1 aromatic heterocycles. The van der Waals surface area contributed by atoms with E-state index in [1.165, 1.54) is 43.5 Å². The molecule has 0 saturated carbocycles. The van der Waals surface area contributed by atoms with Crippen LogP contribution in [0, 0.1) is 0 Å². The number of nitrogens with one attached hydrogen (secondary N) is 2. The van der Waals surface area contributed by atoms with Crippen LogP contribution >= 0.6 is 0 Å². The lowest BCUT2D eigenvalue weighted by Gasteiger charge is -2.10. The van der Waals surface area contributed by atoms with Crippen molar-refractivity contribution in [3.05, 3.63) is 72.9 Å². The van der Waals surface area contributed by atoms with Gasteiger partial charge in [0.1, 0.15) is 11.6 Å². The van der Waals surface area contributed by atoms with Gasteiger partial charge in [-0.25, -0.2) is 13.4 Å². The maximum Gasteiger partial charge on any atom is 0.263 e. The highest BCUT2D eigenvalue weighted by molar-refractivity contribution is 7.92. The van der Waals surface area contributed by atoms with E-state index in [1.807, 2.05) is 6.92 Å². The Morgan fingerprint density at radius 1 is 1.03 bits per heavy atom. The van der Waals surface area contributed by atoms with Crippen molar-refractivity contribution >= 4 is 38.9 Å². The first-order valence-electron chi connectivity index (χ1n) is 10.3. The van der Waals surface area contributed by atoms with E-state index in [1.54, 1.807) is 36.4 Å². The molecule has 0 unspecified atom stereocenters. The molecule has 3 rings (SSSR count). The molecule has 0 aliphatic carbocycles. The fraction of sp³-hybridized carbons (Fsp3) is 0.174. The summed E-state index contributed by atoms with van der Waals surface area (Å²) in [6.45, 7) is 3.62. The highest BCUT2D eigenvalue weighted by Crippen LogP contribution is 2.20. The highest BCUT2D eigenvalue weighted by Gasteiger charge is 2.23. The third-order valence-electron chi connectivity index (χ3n) is 4.41. The van der Waals surface area contributed by atoms with Crippen LogP contribution in [0.5, 0.6) is 5.75 Å². The van der Waals surface area contributed by atoms with E-state index in [0.29, 0.717) is 18.0 Å². The van der Waals surface area contributed by atoms with E-state index < -0.39 is 27.8 Å². The Bertz CT molecular complexity index is 1260. The molecule has 0 aliphatic rings. The first-order valence-corrected chi connectivity index (χ1v) is 11.8. The van der Waals surface area contributed by atoms with Gasteiger partial charge < -0.3 is 10.1 Å². The van der Waals surface area contributed by atoms with E-state index >= 15 is 0 Å². The summed E-state index contributed by atoms with van der Waals surface area (Å²) in [6, 6.07) is 15.7. The summed E-state index contributed by atoms with van der Waals surface area (Å²) in [5.41, 5.74) is 0.752. The van der Waals surface area contributed by atoms with E-state index in [9.17, 15) is 18.0 Å². The maximum atomic E-state index is 12.5. The van der Waals surface area contributed by atoms with Gasteiger partial charge in [0, 0.05) is 11.9 Å². The van der Waals surface area contributed by atoms with E-state index in [2.05, 4.69) is 25.3 Å². The van der Waals surface area contributed by atoms with Gasteiger partial charge in [0.25, 0.3) is 15.9 Å². The molecule has 176 valence electrons. The number of hydrogen-bond donors (Lipinski definition) is 2. The molecule has 0 bridgehead atoms. The smallest absolute Gasteiger partial charge is 0.263 e. The molecular weight excluding hydrogens is 458 g/mol. The van der Waals surface area contributed by atoms with Crippen LogP contribution in [0.25, 0.3) is 0 Å². The number of azo groups is 1. The topological polar surface area (TPSA) is 139 Å². The molecular formula is C23H23N5O5S. The second-order valence-corrected chi connectivity index (χ2v) is 8.67. The Hall–Kier alpha value is -4.12. The molecule has 0 saturated heterocycles. The summed E-state index contributed by atoms with van der Waals surface area (Å²) >= 11 is 0. The number of sulfonamides is 1. The summed E-state index contributed by atoms with van der Waals surface area (Å²) in [4.78, 5) is 28.4. The van der Waals surface area contributed by atoms with Crippen LogP contribution in [0.4, 0.5) is 17.2 Å². The van der Waals surface area contributed by atoms with Gasteiger partial charge in [0.05, 0.1) is 17.2 Å². The van der Waals surface area contributed by atoms with Gasteiger partial charge in [0.2, 0.25) is 6.04 Å². The summed E-state index contributed by atoms with van der Waals surface area (Å²) in [6.07, 6.45) is 1.47. The quantitative estimate of drug-likeness (QED) is 0.332. The van der Waals surface area contributed by atoms with Gasteiger partial charge >= 0.3 is 0 Å². The van der Waals surface area contributed by atoms with Crippen molar-refractivity contribution in [1.29, 1.82) is 0 Å². The Morgan fingerprint density at radius 3 is 2.32 bits per heavy atom. The fourth-order valence-corrected chi connectivity index (χ4v) is 3.77. The normalized spacial score (nSPS) is 12.2. The Balaban J connectivity index is 1.67. The average molecular weight is 482 g/mol. The summed E-state index contributed by atoms with van der Waals surface area (Å²) < 4.78 is 32.7. The number of nitrogens with zero attached hydrogens (tertiary/aromatic N) is 3. The average Bonchev–Trinajstić information content (AvgIpc) is 2.81. The predicted octanol–water partition coefficient (Wildman–Crippen LogP) is 3.96. The van der Waals surface area contributed by atoms with Crippen molar-refractivity contribution in [3.63, 3.8) is 0 Å². The first-order chi connectivity index (χ1) is 16.3.